The van der Waals surface area contributed by atoms with Crippen LogP contribution in [-0.4, -0.2) is 45.9 Å². The molecule has 2 aromatic rings. The van der Waals surface area contributed by atoms with Crippen LogP contribution in [0.1, 0.15) is 29.2 Å². The van der Waals surface area contributed by atoms with E-state index in [1.54, 1.807) is 0 Å². The number of carbonyl (C=O) groups is 1. The van der Waals surface area contributed by atoms with Crippen LogP contribution in [0.25, 0.3) is 10.9 Å². The SMILES string of the molecule is N[C@@H]1C=CC[C@@H]2CN(c3ncc4c(=O)c(C(=O)O)cn([C@@H]5C[C@@H]5F)c4c3Cl)C[C@@H]21. The number of allylic oxidation sites excluding steroid dienone is 1. The molecule has 5 atom stereocenters. The van der Waals surface area contributed by atoms with Crippen molar-refractivity contribution in [3.8, 4) is 0 Å². The Balaban J connectivity index is 1.64. The summed E-state index contributed by atoms with van der Waals surface area (Å²) >= 11 is 6.70. The summed E-state index contributed by atoms with van der Waals surface area (Å²) in [4.78, 5) is 30.6. The lowest BCUT2D eigenvalue weighted by atomic mass is 9.83. The molecule has 1 aliphatic heterocycles. The van der Waals surface area contributed by atoms with Gasteiger partial charge in [-0.15, -0.1) is 0 Å². The topological polar surface area (TPSA) is 101 Å². The monoisotopic (exact) mass is 418 g/mol. The smallest absolute Gasteiger partial charge is 0.341 e. The Hall–Kier alpha value is -2.45. The van der Waals surface area contributed by atoms with Crippen molar-refractivity contribution < 1.29 is 14.3 Å². The number of nitrogens with zero attached hydrogens (tertiary/aromatic N) is 3. The number of carboxylic acid groups (broad SMARTS) is 1. The summed E-state index contributed by atoms with van der Waals surface area (Å²) in [5.41, 5.74) is 5.50. The van der Waals surface area contributed by atoms with Crippen molar-refractivity contribution in [3.05, 3.63) is 45.4 Å². The molecule has 29 heavy (non-hydrogen) atoms. The Kier molecular flexibility index (Phi) is 4.18. The number of aromatic nitrogens is 2. The van der Waals surface area contributed by atoms with Gasteiger partial charge in [0.15, 0.2) is 0 Å². The maximum Gasteiger partial charge on any atom is 0.341 e. The first-order valence-corrected chi connectivity index (χ1v) is 10.0. The fraction of sp³-hybridized carbons (Fsp3) is 0.450. The van der Waals surface area contributed by atoms with Crippen molar-refractivity contribution in [1.29, 1.82) is 0 Å². The van der Waals surface area contributed by atoms with Crippen molar-refractivity contribution in [1.82, 2.24) is 9.55 Å². The molecule has 0 aromatic carbocycles. The Bertz CT molecular complexity index is 1120. The summed E-state index contributed by atoms with van der Waals surface area (Å²) in [6.45, 7) is 1.44. The summed E-state index contributed by atoms with van der Waals surface area (Å²) in [6, 6.07) is -0.546. The zero-order chi connectivity index (χ0) is 20.4. The highest BCUT2D eigenvalue weighted by Gasteiger charge is 2.42. The molecule has 3 N–H and O–H groups in total. The lowest BCUT2D eigenvalue weighted by molar-refractivity contribution is 0.0694. The number of nitrogens with two attached hydrogens (primary N) is 1. The molecule has 3 aliphatic rings. The molecular weight excluding hydrogens is 399 g/mol. The lowest BCUT2D eigenvalue weighted by Gasteiger charge is -2.25. The number of pyridine rings is 2. The zero-order valence-electron chi connectivity index (χ0n) is 15.5. The van der Waals surface area contributed by atoms with E-state index in [9.17, 15) is 19.1 Å². The summed E-state index contributed by atoms with van der Waals surface area (Å²) < 4.78 is 15.4. The Morgan fingerprint density at radius 2 is 2.14 bits per heavy atom. The number of alkyl halides is 1. The van der Waals surface area contributed by atoms with Crippen LogP contribution in [0, 0.1) is 11.8 Å². The summed E-state index contributed by atoms with van der Waals surface area (Å²) in [5, 5.41) is 9.71. The van der Waals surface area contributed by atoms with Gasteiger partial charge in [0.2, 0.25) is 5.43 Å². The van der Waals surface area contributed by atoms with Crippen molar-refractivity contribution in [2.45, 2.75) is 31.1 Å². The van der Waals surface area contributed by atoms with E-state index in [4.69, 9.17) is 17.3 Å². The molecule has 0 bridgehead atoms. The Morgan fingerprint density at radius 3 is 2.79 bits per heavy atom. The first-order valence-electron chi connectivity index (χ1n) is 9.64. The highest BCUT2D eigenvalue weighted by Crippen LogP contribution is 2.44. The number of rotatable bonds is 3. The van der Waals surface area contributed by atoms with Gasteiger partial charge >= 0.3 is 5.97 Å². The van der Waals surface area contributed by atoms with E-state index in [1.165, 1.54) is 17.0 Å². The third-order valence-electron chi connectivity index (χ3n) is 6.34. The summed E-state index contributed by atoms with van der Waals surface area (Å²) in [6.07, 6.45) is 6.81. The van der Waals surface area contributed by atoms with Gasteiger partial charge in [-0.25, -0.2) is 14.2 Å². The van der Waals surface area contributed by atoms with Gasteiger partial charge < -0.3 is 20.3 Å². The highest BCUT2D eigenvalue weighted by molar-refractivity contribution is 6.37. The Morgan fingerprint density at radius 1 is 1.38 bits per heavy atom. The van der Waals surface area contributed by atoms with Crippen molar-refractivity contribution in [3.63, 3.8) is 0 Å². The van der Waals surface area contributed by atoms with Gasteiger partial charge in [-0.2, -0.15) is 0 Å². The van der Waals surface area contributed by atoms with Gasteiger partial charge in [0.05, 0.1) is 16.9 Å². The van der Waals surface area contributed by atoms with Gasteiger partial charge in [-0.3, -0.25) is 4.79 Å². The van der Waals surface area contributed by atoms with Gasteiger partial charge in [-0.1, -0.05) is 23.8 Å². The zero-order valence-corrected chi connectivity index (χ0v) is 16.2. The van der Waals surface area contributed by atoms with E-state index in [1.807, 2.05) is 6.08 Å². The molecule has 1 saturated carbocycles. The molecule has 2 fully saturated rings. The highest BCUT2D eigenvalue weighted by atomic mass is 35.5. The van der Waals surface area contributed by atoms with Crippen molar-refractivity contribution in [2.75, 3.05) is 18.0 Å². The third-order valence-corrected chi connectivity index (χ3v) is 6.69. The van der Waals surface area contributed by atoms with Gasteiger partial charge in [-0.05, 0) is 18.3 Å². The minimum absolute atomic E-state index is 0.0203. The van der Waals surface area contributed by atoms with E-state index in [2.05, 4.69) is 16.0 Å². The molecule has 0 unspecified atom stereocenters. The van der Waals surface area contributed by atoms with E-state index in [0.29, 0.717) is 29.7 Å². The van der Waals surface area contributed by atoms with Crippen LogP contribution in [0.2, 0.25) is 5.02 Å². The molecule has 5 rings (SSSR count). The third kappa shape index (κ3) is 2.85. The molecule has 0 spiro atoms. The van der Waals surface area contributed by atoms with Crippen LogP contribution in [0.15, 0.2) is 29.3 Å². The second-order valence-electron chi connectivity index (χ2n) is 8.13. The van der Waals surface area contributed by atoms with Crippen LogP contribution in [-0.2, 0) is 0 Å². The van der Waals surface area contributed by atoms with Crippen LogP contribution < -0.4 is 16.1 Å². The minimum atomic E-state index is -1.35. The first-order chi connectivity index (χ1) is 13.9. The largest absolute Gasteiger partial charge is 0.477 e. The van der Waals surface area contributed by atoms with Gasteiger partial charge in [0.25, 0.3) is 0 Å². The second-order valence-corrected chi connectivity index (χ2v) is 8.51. The quantitative estimate of drug-likeness (QED) is 0.742. The number of carboxylic acids is 1. The number of halogens is 2. The number of hydrogen-bond acceptors (Lipinski definition) is 5. The molecular formula is C20H20ClFN4O3. The van der Waals surface area contributed by atoms with Gasteiger partial charge in [0.1, 0.15) is 22.6 Å². The first kappa shape index (κ1) is 18.6. The van der Waals surface area contributed by atoms with Crippen LogP contribution in [0.4, 0.5) is 10.2 Å². The maximum atomic E-state index is 13.9. The summed E-state index contributed by atoms with van der Waals surface area (Å²) in [7, 11) is 0. The van der Waals surface area contributed by atoms with Crippen LogP contribution in [0.5, 0.6) is 0 Å². The molecule has 2 aromatic heterocycles. The fourth-order valence-corrected chi connectivity index (χ4v) is 5.04. The van der Waals surface area contributed by atoms with E-state index < -0.39 is 29.2 Å². The van der Waals surface area contributed by atoms with Crippen LogP contribution in [0.3, 0.4) is 0 Å². The molecule has 0 radical (unpaired) electrons. The molecule has 7 nitrogen and oxygen atoms in total. The van der Waals surface area contributed by atoms with Crippen molar-refractivity contribution in [2.24, 2.45) is 17.6 Å². The van der Waals surface area contributed by atoms with E-state index in [-0.39, 0.29) is 22.9 Å². The number of fused-ring (bicyclic) bond motifs is 2. The molecule has 2 aliphatic carbocycles. The average molecular weight is 419 g/mol. The predicted octanol–water partition coefficient (Wildman–Crippen LogP) is 2.37. The van der Waals surface area contributed by atoms with Crippen molar-refractivity contribution >= 4 is 34.3 Å². The number of aromatic carboxylic acids is 1. The normalized spacial score (nSPS) is 30.6. The standard InChI is InChI=1S/C20H20ClFN4O3/c21-16-17-10(18(27)12(20(28)29)8-26(17)15-4-13(15)22)5-24-19(16)25-6-9-2-1-3-14(23)11(9)7-25/h1,3,5,8-9,11,13-15H,2,4,6-7,23H2,(H,28,29)/t9-,11+,13+,14-,15-/m1/s1. The van der Waals surface area contributed by atoms with E-state index >= 15 is 0 Å². The van der Waals surface area contributed by atoms with E-state index in [0.717, 1.165) is 13.0 Å². The molecule has 0 amide bonds. The molecule has 1 saturated heterocycles. The second kappa shape index (κ2) is 6.53. The minimum Gasteiger partial charge on any atom is -0.477 e. The molecule has 9 heteroatoms. The maximum absolute atomic E-state index is 13.9. The summed E-state index contributed by atoms with van der Waals surface area (Å²) in [5.74, 6) is -0.136. The number of hydrogen-bond donors (Lipinski definition) is 2. The van der Waals surface area contributed by atoms with Crippen LogP contribution >= 0.6 is 11.6 Å². The Labute approximate surface area is 170 Å². The van der Waals surface area contributed by atoms with Gasteiger partial charge in [0, 0.05) is 37.9 Å². The number of anilines is 1. The molecule has 3 heterocycles. The fourth-order valence-electron chi connectivity index (χ4n) is 4.68. The predicted molar refractivity (Wildman–Crippen MR) is 107 cm³/mol. The molecule has 152 valence electrons. The average Bonchev–Trinajstić information content (AvgIpc) is 3.23. The lowest BCUT2D eigenvalue weighted by Crippen LogP contribution is -2.35.